The third kappa shape index (κ3) is 2.75. The van der Waals surface area contributed by atoms with Gasteiger partial charge in [0.15, 0.2) is 5.11 Å². The smallest absolute Gasteiger partial charge is 0.272 e. The molecule has 9 heteroatoms. The Morgan fingerprint density at radius 1 is 1.47 bits per heavy atom. The first-order valence-corrected chi connectivity index (χ1v) is 9.56. The molecule has 1 aliphatic heterocycles. The van der Waals surface area contributed by atoms with Gasteiger partial charge in [-0.2, -0.15) is 0 Å². The second-order valence-corrected chi connectivity index (χ2v) is 7.45. The molecule has 4 rings (SSSR count). The molecular formula is C21H18FN5O2S. The van der Waals surface area contributed by atoms with E-state index in [0.717, 1.165) is 11.0 Å². The standard InChI is InChI=1S/C21H18FN5O2S/c1-12-9-14(11-25-17(12)23-2)26-19(29)21(7-4-8-21)27(20(26)30)13-5-6-15(16(22)10-13)18(28)24-3/h5-6,9-11H,4,7-8H2,1,3H3,(H,24,28)/i5D,10D,11D. The van der Waals surface area contributed by atoms with Crippen LogP contribution in [0.4, 0.5) is 21.6 Å². The zero-order valence-corrected chi connectivity index (χ0v) is 17.0. The molecule has 2 heterocycles. The van der Waals surface area contributed by atoms with E-state index in [1.54, 1.807) is 6.92 Å². The van der Waals surface area contributed by atoms with Crippen molar-refractivity contribution in [3.63, 3.8) is 0 Å². The Morgan fingerprint density at radius 2 is 2.20 bits per heavy atom. The minimum atomic E-state index is -1.22. The van der Waals surface area contributed by atoms with Crippen LogP contribution in [0, 0.1) is 19.3 Å². The van der Waals surface area contributed by atoms with E-state index in [4.69, 9.17) is 22.9 Å². The van der Waals surface area contributed by atoms with Gasteiger partial charge in [-0.3, -0.25) is 14.5 Å². The van der Waals surface area contributed by atoms with E-state index in [9.17, 15) is 14.0 Å². The molecule has 152 valence electrons. The number of pyridine rings is 1. The molecule has 1 aliphatic carbocycles. The summed E-state index contributed by atoms with van der Waals surface area (Å²) >= 11 is 5.58. The van der Waals surface area contributed by atoms with Crippen molar-refractivity contribution in [1.29, 1.82) is 0 Å². The van der Waals surface area contributed by atoms with E-state index in [-0.39, 0.29) is 34.5 Å². The Hall–Kier alpha value is -3.38. The number of thiocarbonyl (C=S) groups is 1. The number of amides is 2. The van der Waals surface area contributed by atoms with E-state index >= 15 is 0 Å². The second-order valence-electron chi connectivity index (χ2n) is 7.08. The van der Waals surface area contributed by atoms with Gasteiger partial charge in [0.2, 0.25) is 0 Å². The predicted molar refractivity (Wildman–Crippen MR) is 114 cm³/mol. The van der Waals surface area contributed by atoms with Crippen LogP contribution in [0.1, 0.15) is 39.3 Å². The van der Waals surface area contributed by atoms with Crippen molar-refractivity contribution in [2.45, 2.75) is 31.7 Å². The molecule has 2 aromatic rings. The highest BCUT2D eigenvalue weighted by molar-refractivity contribution is 7.81. The molecule has 2 amide bonds. The normalized spacial score (nSPS) is 18.5. The fraction of sp³-hybridized carbons (Fsp3) is 0.286. The lowest BCUT2D eigenvalue weighted by atomic mass is 9.75. The van der Waals surface area contributed by atoms with Crippen molar-refractivity contribution in [3.05, 3.63) is 58.8 Å². The van der Waals surface area contributed by atoms with Crippen LogP contribution in [0.15, 0.2) is 30.4 Å². The van der Waals surface area contributed by atoms with Gasteiger partial charge in [0.25, 0.3) is 17.6 Å². The summed E-state index contributed by atoms with van der Waals surface area (Å²) in [6, 6.07) is 1.44. The number of benzene rings is 1. The highest BCUT2D eigenvalue weighted by Crippen LogP contribution is 2.48. The van der Waals surface area contributed by atoms with E-state index < -0.39 is 34.8 Å². The van der Waals surface area contributed by atoms with Gasteiger partial charge in [-0.05, 0) is 68.2 Å². The molecule has 0 radical (unpaired) electrons. The summed E-state index contributed by atoms with van der Waals surface area (Å²) in [6.07, 6.45) is 1.08. The zero-order chi connectivity index (χ0) is 24.2. The topological polar surface area (TPSA) is 69.9 Å². The Kier molecular flexibility index (Phi) is 3.91. The molecule has 1 saturated carbocycles. The number of hydrogen-bond donors (Lipinski definition) is 1. The summed E-state index contributed by atoms with van der Waals surface area (Å²) < 4.78 is 40.0. The van der Waals surface area contributed by atoms with Gasteiger partial charge in [0.1, 0.15) is 18.9 Å². The minimum absolute atomic E-state index is 0.0327. The number of carbonyl (C=O) groups is 2. The maximum Gasteiger partial charge on any atom is 0.272 e. The van der Waals surface area contributed by atoms with Crippen molar-refractivity contribution in [1.82, 2.24) is 10.3 Å². The number of rotatable bonds is 3. The first-order chi connectivity index (χ1) is 15.6. The van der Waals surface area contributed by atoms with Crippen molar-refractivity contribution in [3.8, 4) is 0 Å². The van der Waals surface area contributed by atoms with Gasteiger partial charge in [0, 0.05) is 12.7 Å². The third-order valence-electron chi connectivity index (χ3n) is 5.43. The second kappa shape index (κ2) is 7.15. The molecule has 0 unspecified atom stereocenters. The van der Waals surface area contributed by atoms with Crippen LogP contribution >= 0.6 is 12.2 Å². The average Bonchev–Trinajstić information content (AvgIpc) is 2.98. The summed E-state index contributed by atoms with van der Waals surface area (Å²) in [5, 5.41) is 2.16. The first kappa shape index (κ1) is 16.4. The molecule has 1 N–H and O–H groups in total. The number of aryl methyl sites for hydroxylation is 1. The molecule has 7 nitrogen and oxygen atoms in total. The minimum Gasteiger partial charge on any atom is -0.360 e. The number of nitrogens with zero attached hydrogens (tertiary/aromatic N) is 4. The predicted octanol–water partition coefficient (Wildman–Crippen LogP) is 3.50. The van der Waals surface area contributed by atoms with Crippen molar-refractivity contribution in [2.24, 2.45) is 0 Å². The molecule has 2 aliphatic rings. The molecule has 30 heavy (non-hydrogen) atoms. The molecule has 1 saturated heterocycles. The third-order valence-corrected chi connectivity index (χ3v) is 5.80. The van der Waals surface area contributed by atoms with Crippen LogP contribution in [0.3, 0.4) is 0 Å². The molecular weight excluding hydrogens is 405 g/mol. The van der Waals surface area contributed by atoms with Gasteiger partial charge in [-0.1, -0.05) is 6.57 Å². The summed E-state index contributed by atoms with van der Waals surface area (Å²) in [7, 11) is 1.31. The van der Waals surface area contributed by atoms with Gasteiger partial charge in [0.05, 0.1) is 14.0 Å². The van der Waals surface area contributed by atoms with Crippen LogP contribution in [-0.2, 0) is 4.79 Å². The number of hydrogen-bond acceptors (Lipinski definition) is 4. The van der Waals surface area contributed by atoms with Crippen LogP contribution in [0.2, 0.25) is 0 Å². The highest BCUT2D eigenvalue weighted by atomic mass is 32.1. The maximum atomic E-state index is 15.0. The molecule has 1 spiro atoms. The molecule has 1 aromatic heterocycles. The van der Waals surface area contributed by atoms with Crippen LogP contribution in [0.5, 0.6) is 0 Å². The fourth-order valence-corrected chi connectivity index (χ4v) is 4.15. The SMILES string of the molecule is [2H]c1cc(C(=O)NC)c(F)c([2H])c1N1C(=S)N(c2cc(C)c([N+]#[C-])nc2[2H])C(=O)C12CCC2. The fourth-order valence-electron chi connectivity index (χ4n) is 3.70. The molecule has 0 bridgehead atoms. The van der Waals surface area contributed by atoms with Crippen LogP contribution in [-0.4, -0.2) is 34.5 Å². The van der Waals surface area contributed by atoms with E-state index in [2.05, 4.69) is 15.1 Å². The highest BCUT2D eigenvalue weighted by Gasteiger charge is 2.59. The Labute approximate surface area is 182 Å². The average molecular weight is 426 g/mol. The van der Waals surface area contributed by atoms with Crippen LogP contribution in [0.25, 0.3) is 4.85 Å². The largest absolute Gasteiger partial charge is 0.360 e. The van der Waals surface area contributed by atoms with Crippen molar-refractivity contribution >= 4 is 46.3 Å². The van der Waals surface area contributed by atoms with E-state index in [1.165, 1.54) is 18.0 Å². The Balaban J connectivity index is 1.90. The van der Waals surface area contributed by atoms with Gasteiger partial charge < -0.3 is 15.1 Å². The summed E-state index contributed by atoms with van der Waals surface area (Å²) in [4.78, 5) is 35.2. The molecule has 2 fully saturated rings. The Morgan fingerprint density at radius 3 is 2.80 bits per heavy atom. The van der Waals surface area contributed by atoms with Gasteiger partial charge >= 0.3 is 0 Å². The lowest BCUT2D eigenvalue weighted by molar-refractivity contribution is -0.123. The number of nitrogens with one attached hydrogen (secondary N) is 1. The number of anilines is 2. The van der Waals surface area contributed by atoms with Gasteiger partial charge in [-0.15, -0.1) is 4.98 Å². The lowest BCUT2D eigenvalue weighted by Gasteiger charge is -2.43. The van der Waals surface area contributed by atoms with Crippen molar-refractivity contribution in [2.75, 3.05) is 16.8 Å². The van der Waals surface area contributed by atoms with Crippen LogP contribution < -0.4 is 15.1 Å². The molecule has 0 atom stereocenters. The molecule has 1 aromatic carbocycles. The maximum absolute atomic E-state index is 15.0. The summed E-state index contributed by atoms with van der Waals surface area (Å²) in [6.45, 7) is 8.80. The van der Waals surface area contributed by atoms with E-state index in [0.29, 0.717) is 24.8 Å². The number of carbonyl (C=O) groups excluding carboxylic acids is 2. The number of aromatic nitrogens is 1. The first-order valence-electron chi connectivity index (χ1n) is 10.6. The van der Waals surface area contributed by atoms with Gasteiger partial charge in [-0.25, -0.2) is 4.39 Å². The monoisotopic (exact) mass is 426 g/mol. The zero-order valence-electron chi connectivity index (χ0n) is 19.2. The summed E-state index contributed by atoms with van der Waals surface area (Å²) in [5.74, 6) is -2.33. The van der Waals surface area contributed by atoms with Crippen molar-refractivity contribution < 1.29 is 18.1 Å². The lowest BCUT2D eigenvalue weighted by Crippen LogP contribution is -2.55. The summed E-state index contributed by atoms with van der Waals surface area (Å²) in [5.41, 5.74) is -1.35. The number of halogens is 1. The Bertz CT molecular complexity index is 1290. The quantitative estimate of drug-likeness (QED) is 0.601. The van der Waals surface area contributed by atoms with E-state index in [1.807, 2.05) is 0 Å².